The first-order chi connectivity index (χ1) is 11.6. The summed E-state index contributed by atoms with van der Waals surface area (Å²) in [4.78, 5) is 18.1. The van der Waals surface area contributed by atoms with Crippen molar-refractivity contribution < 1.29 is 9.21 Å². The zero-order valence-electron chi connectivity index (χ0n) is 13.8. The lowest BCUT2D eigenvalue weighted by atomic mass is 9.92. The minimum absolute atomic E-state index is 0.0124. The van der Waals surface area contributed by atoms with Gasteiger partial charge in [-0.1, -0.05) is 19.6 Å². The van der Waals surface area contributed by atoms with Gasteiger partial charge in [0.05, 0.1) is 0 Å². The summed E-state index contributed by atoms with van der Waals surface area (Å²) in [6, 6.07) is 6.49. The smallest absolute Gasteiger partial charge is 0.298 e. The van der Waals surface area contributed by atoms with Crippen molar-refractivity contribution in [3.05, 3.63) is 30.3 Å². The van der Waals surface area contributed by atoms with E-state index in [1.165, 1.54) is 0 Å². The van der Waals surface area contributed by atoms with E-state index in [1.54, 1.807) is 0 Å². The summed E-state index contributed by atoms with van der Waals surface area (Å²) in [5.74, 6) is 4.93. The van der Waals surface area contributed by atoms with Crippen molar-refractivity contribution >= 4 is 28.6 Å². The summed E-state index contributed by atoms with van der Waals surface area (Å²) in [6.45, 7) is 9.70. The molecular formula is C17H23N5O2. The van der Waals surface area contributed by atoms with Crippen LogP contribution in [0.2, 0.25) is 0 Å². The number of nitrogens with one attached hydrogen (secondary N) is 2. The average Bonchev–Trinajstić information content (AvgIpc) is 3.04. The fraction of sp³-hybridized carbons (Fsp3) is 0.412. The van der Waals surface area contributed by atoms with Gasteiger partial charge < -0.3 is 14.6 Å². The Labute approximate surface area is 140 Å². The standard InChI is InChI=1S/C17H23N5O2/c1-11(9-16(23)21-18)12(2)13-3-4-14-15(10-13)24-17(20-14)22-7-5-19-6-8-22/h3-4,10-11,19H,2,5-9,18H2,1H3,(H,21,23). The summed E-state index contributed by atoms with van der Waals surface area (Å²) in [5, 5.41) is 3.31. The van der Waals surface area contributed by atoms with Gasteiger partial charge in [-0.25, -0.2) is 5.84 Å². The number of hydrazine groups is 1. The number of hydrogen-bond donors (Lipinski definition) is 3. The number of aromatic nitrogens is 1. The Hall–Kier alpha value is -2.38. The van der Waals surface area contributed by atoms with Crippen LogP contribution in [-0.2, 0) is 4.79 Å². The zero-order chi connectivity index (χ0) is 17.1. The molecule has 1 amide bonds. The number of rotatable bonds is 5. The van der Waals surface area contributed by atoms with Gasteiger partial charge >= 0.3 is 0 Å². The van der Waals surface area contributed by atoms with E-state index >= 15 is 0 Å². The average molecular weight is 329 g/mol. The van der Waals surface area contributed by atoms with Crippen LogP contribution in [0.4, 0.5) is 6.01 Å². The molecular weight excluding hydrogens is 306 g/mol. The number of carbonyl (C=O) groups excluding carboxylic acids is 1. The Morgan fingerprint density at radius 3 is 2.96 bits per heavy atom. The van der Waals surface area contributed by atoms with Gasteiger partial charge in [0.2, 0.25) is 5.91 Å². The minimum Gasteiger partial charge on any atom is -0.423 e. The summed E-state index contributed by atoms with van der Waals surface area (Å²) in [5.41, 5.74) is 5.54. The Balaban J connectivity index is 1.80. The SMILES string of the molecule is C=C(c1ccc2nc(N3CCNCC3)oc2c1)C(C)CC(=O)NN. The van der Waals surface area contributed by atoms with Gasteiger partial charge in [-0.15, -0.1) is 0 Å². The maximum absolute atomic E-state index is 11.4. The van der Waals surface area contributed by atoms with Crippen molar-refractivity contribution in [3.63, 3.8) is 0 Å². The van der Waals surface area contributed by atoms with Crippen LogP contribution in [0.3, 0.4) is 0 Å². The maximum atomic E-state index is 11.4. The van der Waals surface area contributed by atoms with Crippen LogP contribution in [0.1, 0.15) is 18.9 Å². The molecule has 1 aliphatic heterocycles. The van der Waals surface area contributed by atoms with Gasteiger partial charge in [-0.05, 0) is 29.2 Å². The number of fused-ring (bicyclic) bond motifs is 1. The van der Waals surface area contributed by atoms with Crippen LogP contribution in [0.25, 0.3) is 16.7 Å². The zero-order valence-corrected chi connectivity index (χ0v) is 13.8. The third-order valence-corrected chi connectivity index (χ3v) is 4.38. The van der Waals surface area contributed by atoms with E-state index in [9.17, 15) is 4.79 Å². The number of oxazole rings is 1. The lowest BCUT2D eigenvalue weighted by Gasteiger charge is -2.25. The molecule has 0 spiro atoms. The van der Waals surface area contributed by atoms with Gasteiger partial charge in [-0.2, -0.15) is 4.98 Å². The molecule has 4 N–H and O–H groups in total. The third-order valence-electron chi connectivity index (χ3n) is 4.38. The van der Waals surface area contributed by atoms with Gasteiger partial charge in [0.25, 0.3) is 6.01 Å². The maximum Gasteiger partial charge on any atom is 0.298 e. The largest absolute Gasteiger partial charge is 0.423 e. The lowest BCUT2D eigenvalue weighted by molar-refractivity contribution is -0.121. The number of hydrogen-bond acceptors (Lipinski definition) is 6. The lowest BCUT2D eigenvalue weighted by Crippen LogP contribution is -2.43. The van der Waals surface area contributed by atoms with Crippen LogP contribution < -0.4 is 21.5 Å². The fourth-order valence-corrected chi connectivity index (χ4v) is 2.85. The summed E-state index contributed by atoms with van der Waals surface area (Å²) in [6.07, 6.45) is 0.301. The molecule has 0 bridgehead atoms. The van der Waals surface area contributed by atoms with Crippen LogP contribution in [-0.4, -0.2) is 37.1 Å². The molecule has 1 aliphatic rings. The van der Waals surface area contributed by atoms with Gasteiger partial charge in [0.1, 0.15) is 5.52 Å². The van der Waals surface area contributed by atoms with Gasteiger partial charge in [0, 0.05) is 32.6 Å². The fourth-order valence-electron chi connectivity index (χ4n) is 2.85. The molecule has 2 heterocycles. The number of anilines is 1. The van der Waals surface area contributed by atoms with Crippen molar-refractivity contribution in [2.45, 2.75) is 13.3 Å². The predicted octanol–water partition coefficient (Wildman–Crippen LogP) is 1.27. The highest BCUT2D eigenvalue weighted by molar-refractivity contribution is 5.82. The highest BCUT2D eigenvalue weighted by Crippen LogP contribution is 2.29. The molecule has 0 saturated carbocycles. The van der Waals surface area contributed by atoms with E-state index in [2.05, 4.69) is 27.2 Å². The van der Waals surface area contributed by atoms with Gasteiger partial charge in [0.15, 0.2) is 5.58 Å². The Morgan fingerprint density at radius 2 is 2.25 bits per heavy atom. The van der Waals surface area contributed by atoms with E-state index in [0.29, 0.717) is 12.4 Å². The normalized spacial score (nSPS) is 16.2. The molecule has 7 nitrogen and oxygen atoms in total. The second kappa shape index (κ2) is 7.02. The highest BCUT2D eigenvalue weighted by atomic mass is 16.4. The number of piperazine rings is 1. The van der Waals surface area contributed by atoms with E-state index in [1.807, 2.05) is 25.1 Å². The van der Waals surface area contributed by atoms with Crippen molar-refractivity contribution in [2.75, 3.05) is 31.1 Å². The van der Waals surface area contributed by atoms with Crippen molar-refractivity contribution in [3.8, 4) is 0 Å². The van der Waals surface area contributed by atoms with Crippen LogP contribution in [0, 0.1) is 5.92 Å². The third kappa shape index (κ3) is 3.42. The number of nitrogens with zero attached hydrogens (tertiary/aromatic N) is 2. The number of carbonyl (C=O) groups is 1. The van der Waals surface area contributed by atoms with Crippen LogP contribution in [0.5, 0.6) is 0 Å². The quantitative estimate of drug-likeness (QED) is 0.434. The molecule has 1 aromatic carbocycles. The molecule has 1 atom stereocenters. The summed E-state index contributed by atoms with van der Waals surface area (Å²) < 4.78 is 5.93. The van der Waals surface area contributed by atoms with E-state index in [-0.39, 0.29) is 11.8 Å². The molecule has 1 fully saturated rings. The summed E-state index contributed by atoms with van der Waals surface area (Å²) in [7, 11) is 0. The van der Waals surface area contributed by atoms with Crippen molar-refractivity contribution in [1.82, 2.24) is 15.7 Å². The first-order valence-corrected chi connectivity index (χ1v) is 8.13. The summed E-state index contributed by atoms with van der Waals surface area (Å²) >= 11 is 0. The molecule has 128 valence electrons. The number of nitrogens with two attached hydrogens (primary N) is 1. The first-order valence-electron chi connectivity index (χ1n) is 8.13. The van der Waals surface area contributed by atoms with E-state index in [0.717, 1.165) is 48.4 Å². The van der Waals surface area contributed by atoms with E-state index < -0.39 is 0 Å². The van der Waals surface area contributed by atoms with Gasteiger partial charge in [-0.3, -0.25) is 10.2 Å². The molecule has 1 unspecified atom stereocenters. The van der Waals surface area contributed by atoms with Crippen LogP contribution >= 0.6 is 0 Å². The molecule has 2 aromatic rings. The minimum atomic E-state index is -0.203. The highest BCUT2D eigenvalue weighted by Gasteiger charge is 2.18. The molecule has 0 radical (unpaired) electrons. The number of allylic oxidation sites excluding steroid dienone is 1. The van der Waals surface area contributed by atoms with Crippen LogP contribution in [0.15, 0.2) is 29.2 Å². The number of benzene rings is 1. The molecule has 1 saturated heterocycles. The molecule has 1 aromatic heterocycles. The molecule has 0 aliphatic carbocycles. The van der Waals surface area contributed by atoms with E-state index in [4.69, 9.17) is 10.3 Å². The first kappa shape index (κ1) is 16.5. The monoisotopic (exact) mass is 329 g/mol. The van der Waals surface area contributed by atoms with Crippen molar-refractivity contribution in [2.24, 2.45) is 11.8 Å². The number of amides is 1. The molecule has 7 heteroatoms. The topological polar surface area (TPSA) is 96.4 Å². The molecule has 3 rings (SSSR count). The predicted molar refractivity (Wildman–Crippen MR) is 94.2 cm³/mol. The Kier molecular flexibility index (Phi) is 4.82. The van der Waals surface area contributed by atoms with Crippen molar-refractivity contribution in [1.29, 1.82) is 0 Å². The Bertz CT molecular complexity index is 749. The second-order valence-corrected chi connectivity index (χ2v) is 6.11. The second-order valence-electron chi connectivity index (χ2n) is 6.11. The molecule has 24 heavy (non-hydrogen) atoms. The Morgan fingerprint density at radius 1 is 1.50 bits per heavy atom.